The van der Waals surface area contributed by atoms with Gasteiger partial charge in [-0.1, -0.05) is 64.5 Å². The van der Waals surface area contributed by atoms with Gasteiger partial charge in [-0.3, -0.25) is 4.98 Å². The summed E-state index contributed by atoms with van der Waals surface area (Å²) in [4.78, 5) is 4.96. The number of aromatic nitrogens is 1. The molecule has 1 N–H and O–H groups in total. The molecule has 0 radical (unpaired) electrons. The highest BCUT2D eigenvalue weighted by Crippen LogP contribution is 2.40. The van der Waals surface area contributed by atoms with Crippen LogP contribution >= 0.6 is 15.9 Å². The molecule has 3 aromatic rings. The number of ether oxygens (including phenoxy) is 1. The van der Waals surface area contributed by atoms with Crippen molar-refractivity contribution in [2.24, 2.45) is 0 Å². The minimum atomic E-state index is 0.117. The molecule has 26 heavy (non-hydrogen) atoms. The number of fused-ring (bicyclic) bond motifs is 2. The largest absolute Gasteiger partial charge is 0.380 e. The van der Waals surface area contributed by atoms with E-state index in [9.17, 15) is 0 Å². The van der Waals surface area contributed by atoms with Crippen LogP contribution < -0.4 is 5.32 Å². The highest BCUT2D eigenvalue weighted by atomic mass is 79.9. The third-order valence-electron chi connectivity index (χ3n) is 4.92. The smallest absolute Gasteiger partial charge is 0.0863 e. The van der Waals surface area contributed by atoms with E-state index in [1.54, 1.807) is 0 Å². The summed E-state index contributed by atoms with van der Waals surface area (Å²) in [6.07, 6.45) is 3.32. The fourth-order valence-electron chi connectivity index (χ4n) is 3.74. The van der Waals surface area contributed by atoms with Crippen molar-refractivity contribution in [3.63, 3.8) is 0 Å². The van der Waals surface area contributed by atoms with E-state index in [4.69, 9.17) is 9.72 Å². The van der Waals surface area contributed by atoms with E-state index >= 15 is 0 Å². The Balaban J connectivity index is 1.77. The molecule has 1 unspecified atom stereocenters. The van der Waals surface area contributed by atoms with E-state index in [1.165, 1.54) is 27.9 Å². The van der Waals surface area contributed by atoms with Crippen molar-refractivity contribution in [1.82, 2.24) is 4.98 Å². The standard InChI is InChI=1S/C22H23BrN2O/c23-13-14-26-20-12-6-11-19-21(20)22(17-9-4-5-10-18(17)25-19)24-15-16-7-2-1-3-8-16/h1-5,7-10,20H,6,11-15H2,(H,24,25). The lowest BCUT2D eigenvalue weighted by Crippen LogP contribution is -2.18. The Labute approximate surface area is 162 Å². The number of hydrogen-bond acceptors (Lipinski definition) is 3. The Morgan fingerprint density at radius 3 is 2.73 bits per heavy atom. The van der Waals surface area contributed by atoms with Gasteiger partial charge in [0.15, 0.2) is 0 Å². The second-order valence-electron chi connectivity index (χ2n) is 6.64. The molecule has 0 spiro atoms. The predicted molar refractivity (Wildman–Crippen MR) is 111 cm³/mol. The van der Waals surface area contributed by atoms with Gasteiger partial charge in [-0.05, 0) is 30.9 Å². The highest BCUT2D eigenvalue weighted by Gasteiger charge is 2.26. The molecule has 0 fully saturated rings. The molecule has 4 heteroatoms. The van der Waals surface area contributed by atoms with Crippen LogP contribution in [0.2, 0.25) is 0 Å². The first-order chi connectivity index (χ1) is 12.9. The fourth-order valence-corrected chi connectivity index (χ4v) is 3.93. The SMILES string of the molecule is BrCCOC1CCCc2nc3ccccc3c(NCc3ccccc3)c21. The molecule has 0 saturated heterocycles. The van der Waals surface area contributed by atoms with E-state index < -0.39 is 0 Å². The molecular weight excluding hydrogens is 388 g/mol. The van der Waals surface area contributed by atoms with Gasteiger partial charge in [-0.2, -0.15) is 0 Å². The summed E-state index contributed by atoms with van der Waals surface area (Å²) >= 11 is 3.48. The molecule has 0 bridgehead atoms. The first kappa shape index (κ1) is 17.5. The summed E-state index contributed by atoms with van der Waals surface area (Å²) in [6.45, 7) is 1.52. The number of halogens is 1. The number of rotatable bonds is 6. The van der Waals surface area contributed by atoms with E-state index in [0.717, 1.165) is 43.3 Å². The van der Waals surface area contributed by atoms with Gasteiger partial charge in [0, 0.05) is 28.5 Å². The van der Waals surface area contributed by atoms with Gasteiger partial charge >= 0.3 is 0 Å². The monoisotopic (exact) mass is 410 g/mol. The number of pyridine rings is 1. The maximum atomic E-state index is 6.17. The summed E-state index contributed by atoms with van der Waals surface area (Å²) < 4.78 is 6.17. The van der Waals surface area contributed by atoms with Gasteiger partial charge in [-0.25, -0.2) is 0 Å². The molecule has 0 aliphatic heterocycles. The van der Waals surface area contributed by atoms with Gasteiger partial charge < -0.3 is 10.1 Å². The van der Waals surface area contributed by atoms with Crippen molar-refractivity contribution in [2.45, 2.75) is 31.9 Å². The number of hydrogen-bond donors (Lipinski definition) is 1. The molecule has 2 aromatic carbocycles. The summed E-state index contributed by atoms with van der Waals surface area (Å²) in [7, 11) is 0. The van der Waals surface area contributed by atoms with Gasteiger partial charge in [0.05, 0.1) is 23.9 Å². The third-order valence-corrected chi connectivity index (χ3v) is 5.24. The molecule has 0 amide bonds. The molecule has 4 rings (SSSR count). The van der Waals surface area contributed by atoms with Crippen LogP contribution in [0, 0.1) is 0 Å². The van der Waals surface area contributed by atoms with E-state index in [1.807, 2.05) is 0 Å². The molecule has 3 nitrogen and oxygen atoms in total. The average molecular weight is 411 g/mol. The van der Waals surface area contributed by atoms with E-state index in [2.05, 4.69) is 75.8 Å². The van der Waals surface area contributed by atoms with E-state index in [0.29, 0.717) is 0 Å². The Morgan fingerprint density at radius 1 is 1.08 bits per heavy atom. The van der Waals surface area contributed by atoms with Gasteiger partial charge in [0.1, 0.15) is 0 Å². The Kier molecular flexibility index (Phi) is 5.51. The number of benzene rings is 2. The molecule has 1 heterocycles. The minimum absolute atomic E-state index is 0.117. The Morgan fingerprint density at radius 2 is 1.88 bits per heavy atom. The van der Waals surface area contributed by atoms with Crippen molar-refractivity contribution in [1.29, 1.82) is 0 Å². The fraction of sp³-hybridized carbons (Fsp3) is 0.318. The van der Waals surface area contributed by atoms with Crippen LogP contribution in [0.1, 0.15) is 35.8 Å². The molecule has 0 saturated carbocycles. The maximum Gasteiger partial charge on any atom is 0.0863 e. The maximum absolute atomic E-state index is 6.17. The molecular formula is C22H23BrN2O. The van der Waals surface area contributed by atoms with Crippen LogP contribution in [0.25, 0.3) is 10.9 Å². The van der Waals surface area contributed by atoms with Crippen LogP contribution in [0.3, 0.4) is 0 Å². The van der Waals surface area contributed by atoms with Crippen LogP contribution in [-0.2, 0) is 17.7 Å². The average Bonchev–Trinajstić information content (AvgIpc) is 2.70. The van der Waals surface area contributed by atoms with Crippen molar-refractivity contribution in [3.05, 3.63) is 71.4 Å². The van der Waals surface area contributed by atoms with Crippen molar-refractivity contribution in [3.8, 4) is 0 Å². The number of alkyl halides is 1. The topological polar surface area (TPSA) is 34.1 Å². The summed E-state index contributed by atoms with van der Waals surface area (Å²) in [6, 6.07) is 18.9. The summed E-state index contributed by atoms with van der Waals surface area (Å²) in [5.41, 5.74) is 5.96. The minimum Gasteiger partial charge on any atom is -0.380 e. The summed E-state index contributed by atoms with van der Waals surface area (Å²) in [5.74, 6) is 0. The zero-order valence-corrected chi connectivity index (χ0v) is 16.3. The second-order valence-corrected chi connectivity index (χ2v) is 7.44. The molecule has 1 atom stereocenters. The molecule has 134 valence electrons. The second kappa shape index (κ2) is 8.19. The first-order valence-corrected chi connectivity index (χ1v) is 10.4. The number of anilines is 1. The zero-order chi connectivity index (χ0) is 17.8. The van der Waals surface area contributed by atoms with Crippen LogP contribution in [-0.4, -0.2) is 16.9 Å². The highest BCUT2D eigenvalue weighted by molar-refractivity contribution is 9.09. The van der Waals surface area contributed by atoms with Gasteiger partial charge in [-0.15, -0.1) is 0 Å². The number of nitrogens with zero attached hydrogens (tertiary/aromatic N) is 1. The van der Waals surface area contributed by atoms with E-state index in [-0.39, 0.29) is 6.10 Å². The van der Waals surface area contributed by atoms with Crippen LogP contribution in [0.5, 0.6) is 0 Å². The van der Waals surface area contributed by atoms with Crippen LogP contribution in [0.4, 0.5) is 5.69 Å². The Hall–Kier alpha value is -1.91. The number of nitrogens with one attached hydrogen (secondary N) is 1. The Bertz CT molecular complexity index is 882. The molecule has 1 aromatic heterocycles. The number of para-hydroxylation sites is 1. The first-order valence-electron chi connectivity index (χ1n) is 9.23. The number of aryl methyl sites for hydroxylation is 1. The van der Waals surface area contributed by atoms with Crippen LogP contribution in [0.15, 0.2) is 54.6 Å². The molecule has 1 aliphatic carbocycles. The zero-order valence-electron chi connectivity index (χ0n) is 14.7. The lowest BCUT2D eigenvalue weighted by atomic mass is 9.90. The quantitative estimate of drug-likeness (QED) is 0.534. The predicted octanol–water partition coefficient (Wildman–Crippen LogP) is 5.64. The van der Waals surface area contributed by atoms with Crippen molar-refractivity contribution in [2.75, 3.05) is 17.3 Å². The normalized spacial score (nSPS) is 16.4. The van der Waals surface area contributed by atoms with Crippen molar-refractivity contribution >= 4 is 32.5 Å². The third kappa shape index (κ3) is 3.62. The molecule has 1 aliphatic rings. The van der Waals surface area contributed by atoms with Gasteiger partial charge in [0.25, 0.3) is 0 Å². The lowest BCUT2D eigenvalue weighted by Gasteiger charge is -2.29. The summed E-state index contributed by atoms with van der Waals surface area (Å²) in [5, 5.41) is 5.74. The lowest BCUT2D eigenvalue weighted by molar-refractivity contribution is 0.0523. The van der Waals surface area contributed by atoms with Gasteiger partial charge in [0.2, 0.25) is 0 Å². The van der Waals surface area contributed by atoms with Crippen molar-refractivity contribution < 1.29 is 4.74 Å².